The molecule has 0 amide bonds. The summed E-state index contributed by atoms with van der Waals surface area (Å²) >= 11 is 0. The second kappa shape index (κ2) is 10.8. The summed E-state index contributed by atoms with van der Waals surface area (Å²) in [6, 6.07) is 47.5. The van der Waals surface area contributed by atoms with Crippen LogP contribution in [-0.4, -0.2) is 0 Å². The molecule has 5 rings (SSSR count). The third kappa shape index (κ3) is 5.22. The van der Waals surface area contributed by atoms with Crippen LogP contribution < -0.4 is 17.0 Å². The fourth-order valence-electron chi connectivity index (χ4n) is 4.24. The van der Waals surface area contributed by atoms with E-state index >= 15 is 0 Å². The zero-order valence-electron chi connectivity index (χ0n) is 18.4. The third-order valence-electron chi connectivity index (χ3n) is 5.88. The Bertz CT molecular complexity index is 1220. The maximum Gasteiger partial charge on any atom is 0.213 e. The predicted octanol–water partition coefficient (Wildman–Crippen LogP) is 4.22. The molecular formula is C31H26ClN. The number of halogens is 1. The van der Waals surface area contributed by atoms with E-state index in [1.165, 1.54) is 39.2 Å². The third-order valence-corrected chi connectivity index (χ3v) is 5.88. The molecule has 0 aliphatic rings. The van der Waals surface area contributed by atoms with E-state index in [4.69, 9.17) is 0 Å². The molecule has 1 nitrogen and oxygen atoms in total. The van der Waals surface area contributed by atoms with Crippen molar-refractivity contribution < 1.29 is 17.0 Å². The van der Waals surface area contributed by atoms with Crippen molar-refractivity contribution in [2.75, 3.05) is 0 Å². The summed E-state index contributed by atoms with van der Waals surface area (Å²) < 4.78 is 2.48. The van der Waals surface area contributed by atoms with E-state index in [1.54, 1.807) is 0 Å². The van der Waals surface area contributed by atoms with Gasteiger partial charge in [-0.05, 0) is 41.0 Å². The van der Waals surface area contributed by atoms with Gasteiger partial charge in [-0.1, -0.05) is 97.1 Å². The topological polar surface area (TPSA) is 3.88 Å². The number of nitrogens with zero attached hydrogens (tertiary/aromatic N) is 1. The van der Waals surface area contributed by atoms with Crippen LogP contribution in [0.4, 0.5) is 0 Å². The lowest BCUT2D eigenvalue weighted by Crippen LogP contribution is -3.00. The molecule has 0 bridgehead atoms. The Balaban J connectivity index is 0.00000259. The summed E-state index contributed by atoms with van der Waals surface area (Å²) in [7, 11) is 0. The van der Waals surface area contributed by atoms with Gasteiger partial charge in [-0.15, -0.1) is 0 Å². The molecule has 162 valence electrons. The molecule has 0 unspecified atom stereocenters. The van der Waals surface area contributed by atoms with Crippen LogP contribution >= 0.6 is 0 Å². The summed E-state index contributed by atoms with van der Waals surface area (Å²) in [6.07, 6.45) is 0.982. The van der Waals surface area contributed by atoms with Crippen molar-refractivity contribution in [3.63, 3.8) is 0 Å². The van der Waals surface area contributed by atoms with Gasteiger partial charge in [0.05, 0.1) is 0 Å². The first kappa shape index (κ1) is 22.5. The van der Waals surface area contributed by atoms with Crippen LogP contribution in [0.1, 0.15) is 5.56 Å². The number of aryl methyl sites for hydroxylation is 1. The van der Waals surface area contributed by atoms with Crippen molar-refractivity contribution >= 4 is 0 Å². The summed E-state index contributed by atoms with van der Waals surface area (Å²) in [6.45, 7) is 0.910. The number of rotatable bonds is 6. The Kier molecular flexibility index (Phi) is 7.34. The molecule has 0 fully saturated rings. The van der Waals surface area contributed by atoms with E-state index in [2.05, 4.69) is 138 Å². The summed E-state index contributed by atoms with van der Waals surface area (Å²) in [5, 5.41) is 0. The van der Waals surface area contributed by atoms with Gasteiger partial charge >= 0.3 is 0 Å². The van der Waals surface area contributed by atoms with Gasteiger partial charge in [0.1, 0.15) is 0 Å². The fourth-order valence-corrected chi connectivity index (χ4v) is 4.24. The average Bonchev–Trinajstić information content (AvgIpc) is 2.89. The molecule has 0 saturated heterocycles. The second-order valence-corrected chi connectivity index (χ2v) is 8.00. The number of hydrogen-bond acceptors (Lipinski definition) is 0. The molecule has 0 N–H and O–H groups in total. The first-order chi connectivity index (χ1) is 15.9. The fraction of sp³-hybridized carbons (Fsp3) is 0.0645. The molecule has 2 heteroatoms. The van der Waals surface area contributed by atoms with E-state index in [9.17, 15) is 0 Å². The van der Waals surface area contributed by atoms with E-state index in [0.29, 0.717) is 0 Å². The quantitative estimate of drug-likeness (QED) is 0.343. The van der Waals surface area contributed by atoms with Crippen LogP contribution in [0.2, 0.25) is 0 Å². The monoisotopic (exact) mass is 447 g/mol. The molecule has 0 radical (unpaired) electrons. The van der Waals surface area contributed by atoms with Gasteiger partial charge in [0, 0.05) is 29.7 Å². The van der Waals surface area contributed by atoms with Gasteiger partial charge in [0.15, 0.2) is 6.54 Å². The Hall–Kier alpha value is -3.68. The highest BCUT2D eigenvalue weighted by atomic mass is 35.5. The van der Waals surface area contributed by atoms with Crippen LogP contribution in [0, 0.1) is 0 Å². The lowest BCUT2D eigenvalue weighted by molar-refractivity contribution is -0.674. The normalized spacial score (nSPS) is 10.4. The van der Waals surface area contributed by atoms with Crippen LogP contribution in [0.15, 0.2) is 133 Å². The molecule has 33 heavy (non-hydrogen) atoms. The number of hydrogen-bond donors (Lipinski definition) is 0. The molecule has 5 aromatic rings. The highest BCUT2D eigenvalue weighted by molar-refractivity contribution is 5.73. The lowest BCUT2D eigenvalue weighted by atomic mass is 9.98. The Morgan fingerprint density at radius 2 is 0.818 bits per heavy atom. The molecule has 0 spiro atoms. The minimum atomic E-state index is 0. The average molecular weight is 448 g/mol. The first-order valence-corrected chi connectivity index (χ1v) is 11.2. The first-order valence-electron chi connectivity index (χ1n) is 11.2. The highest BCUT2D eigenvalue weighted by Gasteiger charge is 2.22. The Labute approximate surface area is 202 Å². The van der Waals surface area contributed by atoms with Crippen molar-refractivity contribution in [1.82, 2.24) is 0 Å². The zero-order valence-corrected chi connectivity index (χ0v) is 19.2. The SMILES string of the molecule is [Cl-].c1ccc(CC[n+]2c(-c3ccccc3)cc(-c3ccccc3)cc2-c2ccccc2)cc1. The molecule has 1 aromatic heterocycles. The van der Waals surface area contributed by atoms with Gasteiger partial charge in [-0.25, -0.2) is 0 Å². The van der Waals surface area contributed by atoms with Crippen LogP contribution in [0.3, 0.4) is 0 Å². The summed E-state index contributed by atoms with van der Waals surface area (Å²) in [5.74, 6) is 0. The van der Waals surface area contributed by atoms with E-state index in [-0.39, 0.29) is 12.4 Å². The lowest BCUT2D eigenvalue weighted by Gasteiger charge is -2.13. The van der Waals surface area contributed by atoms with Gasteiger partial charge < -0.3 is 12.4 Å². The number of benzene rings is 4. The molecule has 0 aliphatic heterocycles. The molecule has 4 aromatic carbocycles. The van der Waals surface area contributed by atoms with Crippen molar-refractivity contribution in [2.24, 2.45) is 0 Å². The van der Waals surface area contributed by atoms with Gasteiger partial charge in [0.25, 0.3) is 0 Å². The Morgan fingerprint density at radius 3 is 1.27 bits per heavy atom. The van der Waals surface area contributed by atoms with Gasteiger partial charge in [-0.2, -0.15) is 4.57 Å². The molecule has 1 heterocycles. The minimum absolute atomic E-state index is 0. The van der Waals surface area contributed by atoms with Crippen molar-refractivity contribution in [3.05, 3.63) is 139 Å². The maximum absolute atomic E-state index is 2.48. The number of pyridine rings is 1. The minimum Gasteiger partial charge on any atom is -1.00 e. The van der Waals surface area contributed by atoms with E-state index in [0.717, 1.165) is 13.0 Å². The molecule has 0 saturated carbocycles. The van der Waals surface area contributed by atoms with E-state index < -0.39 is 0 Å². The number of aromatic nitrogens is 1. The molecule has 0 aliphatic carbocycles. The van der Waals surface area contributed by atoms with Crippen molar-refractivity contribution in [3.8, 4) is 33.6 Å². The van der Waals surface area contributed by atoms with Crippen molar-refractivity contribution in [1.29, 1.82) is 0 Å². The summed E-state index contributed by atoms with van der Waals surface area (Å²) in [4.78, 5) is 0. The van der Waals surface area contributed by atoms with Crippen molar-refractivity contribution in [2.45, 2.75) is 13.0 Å². The molecular weight excluding hydrogens is 422 g/mol. The highest BCUT2D eigenvalue weighted by Crippen LogP contribution is 2.29. The molecule has 0 atom stereocenters. The van der Waals surface area contributed by atoms with Gasteiger partial charge in [-0.3, -0.25) is 0 Å². The maximum atomic E-state index is 2.48. The van der Waals surface area contributed by atoms with Crippen LogP contribution in [0.25, 0.3) is 33.6 Å². The zero-order chi connectivity index (χ0) is 21.6. The summed E-state index contributed by atoms with van der Waals surface area (Å²) in [5.41, 5.74) is 8.76. The largest absolute Gasteiger partial charge is 1.00 e. The van der Waals surface area contributed by atoms with E-state index in [1.807, 2.05) is 0 Å². The Morgan fingerprint density at radius 1 is 0.424 bits per heavy atom. The smallest absolute Gasteiger partial charge is 0.213 e. The second-order valence-electron chi connectivity index (χ2n) is 8.00. The van der Waals surface area contributed by atoms with Crippen LogP contribution in [0.5, 0.6) is 0 Å². The standard InChI is InChI=1S/C31H26N.ClH/c1-5-13-25(14-6-1)21-22-32-30(27-17-9-3-10-18-27)23-29(26-15-7-2-8-16-26)24-31(32)28-19-11-4-12-20-28;/h1-20,23-24H,21-22H2;1H/q+1;/p-1. The van der Waals surface area contributed by atoms with Gasteiger partial charge in [0.2, 0.25) is 11.4 Å². The predicted molar refractivity (Wildman–Crippen MR) is 133 cm³/mol. The van der Waals surface area contributed by atoms with Crippen LogP contribution in [-0.2, 0) is 13.0 Å².